The minimum Gasteiger partial charge on any atom is -0.461 e. The summed E-state index contributed by atoms with van der Waals surface area (Å²) in [5, 5.41) is 2.06. The highest BCUT2D eigenvalue weighted by Gasteiger charge is 2.40. The highest BCUT2D eigenvalue weighted by atomic mass is 16.3. The lowest BCUT2D eigenvalue weighted by molar-refractivity contribution is 0.452. The summed E-state index contributed by atoms with van der Waals surface area (Å²) < 4.78 is 12.0. The van der Waals surface area contributed by atoms with Gasteiger partial charge < -0.3 is 8.83 Å². The molecule has 0 radical (unpaired) electrons. The first-order valence-electron chi connectivity index (χ1n) is 8.08. The molecule has 23 heavy (non-hydrogen) atoms. The van der Waals surface area contributed by atoms with Gasteiger partial charge in [-0.05, 0) is 45.7 Å². The molecule has 1 aliphatic carbocycles. The minimum absolute atomic E-state index is 0.535. The summed E-state index contributed by atoms with van der Waals surface area (Å²) >= 11 is 0. The number of isocyanates is 1. The van der Waals surface area contributed by atoms with E-state index >= 15 is 0 Å². The van der Waals surface area contributed by atoms with Crippen molar-refractivity contribution in [2.24, 2.45) is 4.99 Å². The van der Waals surface area contributed by atoms with Crippen LogP contribution in [0.4, 0.5) is 0 Å². The third-order valence-electron chi connectivity index (χ3n) is 5.11. The number of furan rings is 2. The number of fused-ring (bicyclic) bond motifs is 2. The quantitative estimate of drug-likeness (QED) is 0.482. The Labute approximate surface area is 134 Å². The molecule has 1 aliphatic rings. The van der Waals surface area contributed by atoms with Crippen LogP contribution in [0.2, 0.25) is 0 Å². The van der Waals surface area contributed by atoms with Crippen LogP contribution in [0.25, 0.3) is 21.9 Å². The normalized spacial score (nSPS) is 17.0. The van der Waals surface area contributed by atoms with Gasteiger partial charge in [0, 0.05) is 21.9 Å². The molecular weight excluding hydrogens is 290 g/mol. The van der Waals surface area contributed by atoms with Crippen LogP contribution in [0.5, 0.6) is 0 Å². The van der Waals surface area contributed by atoms with E-state index in [-0.39, 0.29) is 0 Å². The number of rotatable bonds is 2. The smallest absolute Gasteiger partial charge is 0.235 e. The molecule has 4 heteroatoms. The second kappa shape index (κ2) is 4.84. The van der Waals surface area contributed by atoms with Crippen LogP contribution in [0, 0.1) is 20.8 Å². The number of carbonyl (C=O) groups excluding carboxylic acids is 1. The number of aryl methyl sites for hydroxylation is 3. The molecule has 1 fully saturated rings. The Balaban J connectivity index is 2.22. The summed E-state index contributed by atoms with van der Waals surface area (Å²) in [4.78, 5) is 15.4. The molecule has 3 aromatic rings. The Kier molecular flexibility index (Phi) is 3.00. The van der Waals surface area contributed by atoms with Crippen molar-refractivity contribution >= 4 is 28.0 Å². The molecule has 0 unspecified atom stereocenters. The Morgan fingerprint density at radius 1 is 1.00 bits per heavy atom. The van der Waals surface area contributed by atoms with Gasteiger partial charge in [0.05, 0.1) is 0 Å². The van der Waals surface area contributed by atoms with Gasteiger partial charge in [-0.25, -0.2) is 4.79 Å². The molecule has 0 N–H and O–H groups in total. The summed E-state index contributed by atoms with van der Waals surface area (Å²) in [6, 6.07) is 4.08. The molecule has 4 nitrogen and oxygen atoms in total. The first-order valence-corrected chi connectivity index (χ1v) is 8.08. The van der Waals surface area contributed by atoms with Gasteiger partial charge in [-0.15, -0.1) is 0 Å². The molecule has 2 aromatic heterocycles. The van der Waals surface area contributed by atoms with Crippen molar-refractivity contribution in [3.63, 3.8) is 0 Å². The van der Waals surface area contributed by atoms with Gasteiger partial charge in [0.1, 0.15) is 28.2 Å². The van der Waals surface area contributed by atoms with E-state index in [0.29, 0.717) is 0 Å². The number of nitrogens with zero attached hydrogens (tertiary/aromatic N) is 1. The Hall–Kier alpha value is -2.32. The van der Waals surface area contributed by atoms with Crippen molar-refractivity contribution in [3.05, 3.63) is 34.8 Å². The van der Waals surface area contributed by atoms with Crippen LogP contribution in [-0.4, -0.2) is 6.08 Å². The van der Waals surface area contributed by atoms with Crippen LogP contribution in [0.15, 0.2) is 26.0 Å². The van der Waals surface area contributed by atoms with Crippen LogP contribution < -0.4 is 0 Å². The van der Waals surface area contributed by atoms with Crippen molar-refractivity contribution < 1.29 is 13.6 Å². The van der Waals surface area contributed by atoms with Gasteiger partial charge in [-0.1, -0.05) is 12.8 Å². The lowest BCUT2D eigenvalue weighted by Crippen LogP contribution is -2.19. The van der Waals surface area contributed by atoms with Gasteiger partial charge >= 0.3 is 0 Å². The molecule has 0 spiro atoms. The molecule has 0 aliphatic heterocycles. The zero-order chi connectivity index (χ0) is 16.2. The van der Waals surface area contributed by atoms with E-state index in [2.05, 4.69) is 11.9 Å². The standard InChI is InChI=1S/C19H19NO3/c1-11-8-14-13(3)17-15(9-12(2)22-17)16(18(14)23-11)19(20-10-21)6-4-5-7-19/h8-9H,4-7H2,1-3H3. The molecule has 1 aromatic carbocycles. The van der Waals surface area contributed by atoms with E-state index in [1.165, 1.54) is 0 Å². The SMILES string of the molecule is Cc1cc2c(C3(N=C=O)CCCC3)c3oc(C)cc3c(C)c2o1. The molecule has 1 saturated carbocycles. The molecule has 0 bridgehead atoms. The van der Waals surface area contributed by atoms with Crippen LogP contribution >= 0.6 is 0 Å². The Bertz CT molecular complexity index is 906. The van der Waals surface area contributed by atoms with Crippen molar-refractivity contribution in [2.45, 2.75) is 52.0 Å². The monoisotopic (exact) mass is 309 g/mol. The van der Waals surface area contributed by atoms with E-state index < -0.39 is 5.54 Å². The maximum absolute atomic E-state index is 11.1. The predicted octanol–water partition coefficient (Wildman–Crippen LogP) is 5.21. The summed E-state index contributed by atoms with van der Waals surface area (Å²) in [5.41, 5.74) is 3.25. The predicted molar refractivity (Wildman–Crippen MR) is 88.5 cm³/mol. The Morgan fingerprint density at radius 3 is 2.26 bits per heavy atom. The number of hydrogen-bond acceptors (Lipinski definition) is 4. The largest absolute Gasteiger partial charge is 0.461 e. The molecule has 4 rings (SSSR count). The first-order chi connectivity index (χ1) is 11.1. The zero-order valence-corrected chi connectivity index (χ0v) is 13.7. The van der Waals surface area contributed by atoms with Crippen molar-refractivity contribution in [2.75, 3.05) is 0 Å². The molecule has 118 valence electrons. The van der Waals surface area contributed by atoms with E-state index in [9.17, 15) is 4.79 Å². The zero-order valence-electron chi connectivity index (χ0n) is 13.7. The third-order valence-corrected chi connectivity index (χ3v) is 5.11. The molecule has 0 saturated heterocycles. The third kappa shape index (κ3) is 1.91. The van der Waals surface area contributed by atoms with Crippen molar-refractivity contribution in [3.8, 4) is 0 Å². The fourth-order valence-electron chi connectivity index (χ4n) is 4.13. The Morgan fingerprint density at radius 2 is 1.61 bits per heavy atom. The first kappa shape index (κ1) is 14.3. The second-order valence-electron chi connectivity index (χ2n) is 6.64. The average Bonchev–Trinajstić information content (AvgIpc) is 3.19. The maximum Gasteiger partial charge on any atom is 0.235 e. The summed E-state index contributed by atoms with van der Waals surface area (Å²) in [6.45, 7) is 5.94. The molecular formula is C19H19NO3. The van der Waals surface area contributed by atoms with Crippen LogP contribution in [-0.2, 0) is 10.3 Å². The second-order valence-corrected chi connectivity index (χ2v) is 6.64. The van der Waals surface area contributed by atoms with Crippen molar-refractivity contribution in [1.82, 2.24) is 0 Å². The van der Waals surface area contributed by atoms with Crippen LogP contribution in [0.3, 0.4) is 0 Å². The fraction of sp³-hybridized carbons (Fsp3) is 0.421. The average molecular weight is 309 g/mol. The van der Waals surface area contributed by atoms with Gasteiger partial charge in [0.25, 0.3) is 0 Å². The highest BCUT2D eigenvalue weighted by Crippen LogP contribution is 2.49. The van der Waals surface area contributed by atoms with Gasteiger partial charge in [-0.3, -0.25) is 0 Å². The van der Waals surface area contributed by atoms with E-state index in [4.69, 9.17) is 8.83 Å². The van der Waals surface area contributed by atoms with E-state index in [1.807, 2.05) is 32.1 Å². The van der Waals surface area contributed by atoms with E-state index in [0.717, 1.165) is 70.3 Å². The fourth-order valence-corrected chi connectivity index (χ4v) is 4.13. The van der Waals surface area contributed by atoms with Gasteiger partial charge in [0.15, 0.2) is 0 Å². The minimum atomic E-state index is -0.535. The number of aliphatic imine (C=N–C) groups is 1. The van der Waals surface area contributed by atoms with E-state index in [1.54, 1.807) is 0 Å². The lowest BCUT2D eigenvalue weighted by Gasteiger charge is -2.24. The van der Waals surface area contributed by atoms with Gasteiger partial charge in [-0.2, -0.15) is 4.99 Å². The van der Waals surface area contributed by atoms with Crippen molar-refractivity contribution in [1.29, 1.82) is 0 Å². The summed E-state index contributed by atoms with van der Waals surface area (Å²) in [7, 11) is 0. The number of hydrogen-bond donors (Lipinski definition) is 0. The maximum atomic E-state index is 11.1. The molecule has 2 heterocycles. The number of benzene rings is 1. The highest BCUT2D eigenvalue weighted by molar-refractivity contribution is 6.02. The summed E-state index contributed by atoms with van der Waals surface area (Å²) in [5.74, 6) is 1.72. The lowest BCUT2D eigenvalue weighted by atomic mass is 9.84. The molecule has 0 atom stereocenters. The molecule has 0 amide bonds. The summed E-state index contributed by atoms with van der Waals surface area (Å²) in [6.07, 6.45) is 5.61. The van der Waals surface area contributed by atoms with Gasteiger partial charge in [0.2, 0.25) is 6.08 Å². The van der Waals surface area contributed by atoms with Crippen LogP contribution in [0.1, 0.15) is 48.3 Å². The topological polar surface area (TPSA) is 55.7 Å².